The molecule has 0 bridgehead atoms. The second kappa shape index (κ2) is 5.71. The summed E-state index contributed by atoms with van der Waals surface area (Å²) < 4.78 is 41.3. The molecular formula is C14H10F3N3O. The van der Waals surface area contributed by atoms with E-state index in [4.69, 9.17) is 11.0 Å². The minimum Gasteiger partial charge on any atom is -0.405 e. The van der Waals surface area contributed by atoms with Crippen molar-refractivity contribution in [3.05, 3.63) is 42.1 Å². The Morgan fingerprint density at radius 2 is 2.00 bits per heavy atom. The van der Waals surface area contributed by atoms with E-state index in [9.17, 15) is 13.2 Å². The number of pyridine rings is 1. The number of para-hydroxylation sites is 1. The molecule has 1 aromatic carbocycles. The van der Waals surface area contributed by atoms with Crippen molar-refractivity contribution in [1.29, 1.82) is 5.26 Å². The van der Waals surface area contributed by atoms with Gasteiger partial charge in [0.1, 0.15) is 5.75 Å². The lowest BCUT2D eigenvalue weighted by molar-refractivity contribution is -0.274. The number of nitrogen functional groups attached to an aromatic ring is 1. The van der Waals surface area contributed by atoms with Gasteiger partial charge in [-0.1, -0.05) is 12.1 Å². The van der Waals surface area contributed by atoms with Crippen LogP contribution < -0.4 is 10.5 Å². The molecular weight excluding hydrogens is 283 g/mol. The van der Waals surface area contributed by atoms with Crippen molar-refractivity contribution in [3.63, 3.8) is 0 Å². The summed E-state index contributed by atoms with van der Waals surface area (Å²) in [5.74, 6) is -0.374. The van der Waals surface area contributed by atoms with E-state index in [0.717, 1.165) is 0 Å². The quantitative estimate of drug-likeness (QED) is 0.942. The van der Waals surface area contributed by atoms with Crippen LogP contribution in [0.5, 0.6) is 5.75 Å². The van der Waals surface area contributed by atoms with Crippen LogP contribution in [0.1, 0.15) is 5.56 Å². The lowest BCUT2D eigenvalue weighted by atomic mass is 10.0. The first-order valence-electron chi connectivity index (χ1n) is 5.87. The molecule has 1 aromatic heterocycles. The van der Waals surface area contributed by atoms with Gasteiger partial charge in [0.25, 0.3) is 0 Å². The number of halogens is 3. The first-order valence-corrected chi connectivity index (χ1v) is 5.87. The minimum absolute atomic E-state index is 0.0201. The predicted molar refractivity (Wildman–Crippen MR) is 70.1 cm³/mol. The highest BCUT2D eigenvalue weighted by molar-refractivity contribution is 5.71. The Labute approximate surface area is 118 Å². The highest BCUT2D eigenvalue weighted by Crippen LogP contribution is 2.34. The summed E-state index contributed by atoms with van der Waals surface area (Å²) >= 11 is 0. The van der Waals surface area contributed by atoms with Crippen LogP contribution >= 0.6 is 0 Å². The lowest BCUT2D eigenvalue weighted by Crippen LogP contribution is -2.17. The fourth-order valence-electron chi connectivity index (χ4n) is 1.87. The Kier molecular flexibility index (Phi) is 3.98. The molecule has 2 aromatic rings. The molecule has 0 aliphatic rings. The third-order valence-electron chi connectivity index (χ3n) is 2.63. The second-order valence-electron chi connectivity index (χ2n) is 4.16. The van der Waals surface area contributed by atoms with Gasteiger partial charge in [0.05, 0.1) is 30.1 Å². The lowest BCUT2D eigenvalue weighted by Gasteiger charge is -2.14. The van der Waals surface area contributed by atoms with E-state index in [0.29, 0.717) is 11.3 Å². The average Bonchev–Trinajstić information content (AvgIpc) is 2.39. The summed E-state index contributed by atoms with van der Waals surface area (Å²) in [7, 11) is 0. The van der Waals surface area contributed by atoms with E-state index in [2.05, 4.69) is 9.72 Å². The average molecular weight is 293 g/mol. The molecule has 2 N–H and O–H groups in total. The van der Waals surface area contributed by atoms with Crippen molar-refractivity contribution in [2.24, 2.45) is 0 Å². The number of nitriles is 1. The molecule has 0 amide bonds. The molecule has 0 radical (unpaired) electrons. The van der Waals surface area contributed by atoms with E-state index < -0.39 is 6.36 Å². The molecule has 108 valence electrons. The molecule has 0 fully saturated rings. The van der Waals surface area contributed by atoms with Crippen LogP contribution in [0.25, 0.3) is 11.3 Å². The zero-order valence-corrected chi connectivity index (χ0v) is 10.7. The third-order valence-corrected chi connectivity index (χ3v) is 2.63. The van der Waals surface area contributed by atoms with Crippen LogP contribution in [0, 0.1) is 11.3 Å². The Hall–Kier alpha value is -2.75. The van der Waals surface area contributed by atoms with Crippen molar-refractivity contribution in [1.82, 2.24) is 4.98 Å². The number of nitrogens with two attached hydrogens (primary N) is 1. The van der Waals surface area contributed by atoms with Gasteiger partial charge in [0.15, 0.2) is 0 Å². The Morgan fingerprint density at radius 3 is 2.67 bits per heavy atom. The molecule has 0 unspecified atom stereocenters. The Bertz CT molecular complexity index is 693. The summed E-state index contributed by atoms with van der Waals surface area (Å²) in [6.45, 7) is 0. The second-order valence-corrected chi connectivity index (χ2v) is 4.16. The number of rotatable bonds is 3. The highest BCUT2D eigenvalue weighted by atomic mass is 19.4. The number of anilines is 1. The van der Waals surface area contributed by atoms with Crippen molar-refractivity contribution < 1.29 is 17.9 Å². The van der Waals surface area contributed by atoms with Gasteiger partial charge < -0.3 is 10.5 Å². The van der Waals surface area contributed by atoms with Gasteiger partial charge in [-0.05, 0) is 23.8 Å². The van der Waals surface area contributed by atoms with Gasteiger partial charge in [0, 0.05) is 5.56 Å². The normalized spacial score (nSPS) is 11.0. The topological polar surface area (TPSA) is 71.9 Å². The first kappa shape index (κ1) is 14.7. The first-order chi connectivity index (χ1) is 9.90. The molecule has 7 heteroatoms. The van der Waals surface area contributed by atoms with Gasteiger partial charge in [-0.3, -0.25) is 4.98 Å². The van der Waals surface area contributed by atoms with Crippen LogP contribution in [0.2, 0.25) is 0 Å². The van der Waals surface area contributed by atoms with E-state index in [1.54, 1.807) is 6.07 Å². The number of hydrogen-bond donors (Lipinski definition) is 1. The van der Waals surface area contributed by atoms with Gasteiger partial charge in [-0.2, -0.15) is 5.26 Å². The van der Waals surface area contributed by atoms with Crippen molar-refractivity contribution in [3.8, 4) is 23.1 Å². The van der Waals surface area contributed by atoms with Crippen molar-refractivity contribution >= 4 is 5.69 Å². The zero-order chi connectivity index (χ0) is 15.5. The van der Waals surface area contributed by atoms with Crippen molar-refractivity contribution in [2.75, 3.05) is 5.73 Å². The number of ether oxygens (including phenoxy) is 1. The fraction of sp³-hybridized carbons (Fsp3) is 0.143. The molecule has 0 saturated heterocycles. The Balaban J connectivity index is 2.55. The smallest absolute Gasteiger partial charge is 0.405 e. The number of hydrogen-bond acceptors (Lipinski definition) is 4. The molecule has 1 heterocycles. The number of nitrogens with zero attached hydrogens (tertiary/aromatic N) is 2. The largest absolute Gasteiger partial charge is 0.573 e. The van der Waals surface area contributed by atoms with Crippen LogP contribution in [0.4, 0.5) is 18.9 Å². The van der Waals surface area contributed by atoms with Gasteiger partial charge in [-0.25, -0.2) is 0 Å². The van der Waals surface area contributed by atoms with Crippen LogP contribution in [0.15, 0.2) is 36.5 Å². The van der Waals surface area contributed by atoms with Crippen LogP contribution in [-0.4, -0.2) is 11.3 Å². The van der Waals surface area contributed by atoms with E-state index in [1.165, 1.54) is 30.5 Å². The van der Waals surface area contributed by atoms with Crippen LogP contribution in [0.3, 0.4) is 0 Å². The highest BCUT2D eigenvalue weighted by Gasteiger charge is 2.32. The van der Waals surface area contributed by atoms with Crippen molar-refractivity contribution in [2.45, 2.75) is 12.8 Å². The maximum absolute atomic E-state index is 12.4. The molecule has 0 saturated carbocycles. The molecule has 0 aliphatic carbocycles. The molecule has 21 heavy (non-hydrogen) atoms. The van der Waals surface area contributed by atoms with E-state index >= 15 is 0 Å². The summed E-state index contributed by atoms with van der Waals surface area (Å²) in [5, 5.41) is 8.81. The molecule has 0 aliphatic heterocycles. The monoisotopic (exact) mass is 293 g/mol. The summed E-state index contributed by atoms with van der Waals surface area (Å²) in [6, 6.07) is 9.06. The number of benzene rings is 1. The Morgan fingerprint density at radius 1 is 1.29 bits per heavy atom. The minimum atomic E-state index is -4.81. The van der Waals surface area contributed by atoms with Gasteiger partial charge >= 0.3 is 6.36 Å². The third kappa shape index (κ3) is 3.63. The predicted octanol–water partition coefficient (Wildman–Crippen LogP) is 3.30. The zero-order valence-electron chi connectivity index (χ0n) is 10.7. The standard InChI is InChI=1S/C14H10F3N3O/c15-14(16,17)21-12-4-2-1-3-11(12)13-9(5-6-18)7-10(19)8-20-13/h1-4,7-8H,5,19H2. The SMILES string of the molecule is N#CCc1cc(N)cnc1-c1ccccc1OC(F)(F)F. The van der Waals surface area contributed by atoms with E-state index in [1.807, 2.05) is 6.07 Å². The molecule has 2 rings (SSSR count). The number of aromatic nitrogens is 1. The number of alkyl halides is 3. The summed E-state index contributed by atoms with van der Waals surface area (Å²) in [5.41, 5.74) is 6.76. The molecule has 0 atom stereocenters. The van der Waals surface area contributed by atoms with Gasteiger partial charge in [-0.15, -0.1) is 13.2 Å². The molecule has 4 nitrogen and oxygen atoms in total. The summed E-state index contributed by atoms with van der Waals surface area (Å²) in [4.78, 5) is 4.03. The fourth-order valence-corrected chi connectivity index (χ4v) is 1.87. The maximum atomic E-state index is 12.4. The maximum Gasteiger partial charge on any atom is 0.573 e. The summed E-state index contributed by atoms with van der Waals surface area (Å²) in [6.07, 6.45) is -3.51. The van der Waals surface area contributed by atoms with E-state index in [-0.39, 0.29) is 23.4 Å². The molecule has 0 spiro atoms. The van der Waals surface area contributed by atoms with Crippen LogP contribution in [-0.2, 0) is 6.42 Å². The van der Waals surface area contributed by atoms with Gasteiger partial charge in [0.2, 0.25) is 0 Å².